The van der Waals surface area contributed by atoms with Gasteiger partial charge in [-0.25, -0.2) is 0 Å². The Kier molecular flexibility index (Phi) is 7.30. The van der Waals surface area contributed by atoms with Crippen LogP contribution in [0.5, 0.6) is 5.75 Å². The van der Waals surface area contributed by atoms with Crippen LogP contribution in [0.15, 0.2) is 65.6 Å². The van der Waals surface area contributed by atoms with Gasteiger partial charge in [0.2, 0.25) is 5.91 Å². The van der Waals surface area contributed by atoms with E-state index in [-0.39, 0.29) is 17.4 Å². The second kappa shape index (κ2) is 10.1. The molecule has 0 aromatic heterocycles. The summed E-state index contributed by atoms with van der Waals surface area (Å²) in [6.45, 7) is 0. The Labute approximate surface area is 179 Å². The molecule has 1 aliphatic rings. The van der Waals surface area contributed by atoms with Gasteiger partial charge in [0.1, 0.15) is 5.75 Å². The largest absolute Gasteiger partial charge is 0.497 e. The number of ketones is 1. The molecule has 2 unspecified atom stereocenters. The Hall–Kier alpha value is -3.06. The number of hydrogen-bond donors (Lipinski definition) is 2. The van der Waals surface area contributed by atoms with E-state index in [0.717, 1.165) is 4.90 Å². The third kappa shape index (κ3) is 5.51. The van der Waals surface area contributed by atoms with Crippen LogP contribution in [0.25, 0.3) is 0 Å². The van der Waals surface area contributed by atoms with Crippen molar-refractivity contribution in [3.8, 4) is 5.75 Å². The number of aliphatic carboxylic acids is 1. The molecule has 0 radical (unpaired) electrons. The average molecular weight is 426 g/mol. The van der Waals surface area contributed by atoms with Gasteiger partial charge < -0.3 is 15.2 Å². The number of Topliss-reactive ketones (excluding diaryl/α,β-unsaturated/α-hetero) is 1. The van der Waals surface area contributed by atoms with Crippen LogP contribution in [-0.4, -0.2) is 35.6 Å². The van der Waals surface area contributed by atoms with Crippen molar-refractivity contribution < 1.29 is 24.2 Å². The smallest absolute Gasteiger partial charge is 0.307 e. The molecule has 7 heteroatoms. The van der Waals surface area contributed by atoms with Gasteiger partial charge in [-0.1, -0.05) is 30.4 Å². The maximum absolute atomic E-state index is 12.6. The van der Waals surface area contributed by atoms with Gasteiger partial charge in [-0.2, -0.15) is 0 Å². The number of carbonyl (C=O) groups is 3. The van der Waals surface area contributed by atoms with Crippen molar-refractivity contribution in [3.63, 3.8) is 0 Å². The third-order valence-corrected chi connectivity index (χ3v) is 5.94. The number of methoxy groups -OCH3 is 1. The van der Waals surface area contributed by atoms with Crippen LogP contribution in [0.1, 0.15) is 23.2 Å². The fraction of sp³-hybridized carbons (Fsp3) is 0.261. The summed E-state index contributed by atoms with van der Waals surface area (Å²) in [6, 6.07) is 14.2. The van der Waals surface area contributed by atoms with Crippen molar-refractivity contribution in [1.82, 2.24) is 0 Å². The Morgan fingerprint density at radius 3 is 2.53 bits per heavy atom. The molecule has 0 fully saturated rings. The molecular weight excluding hydrogens is 402 g/mol. The number of anilines is 1. The van der Waals surface area contributed by atoms with E-state index in [9.17, 15) is 19.5 Å². The minimum Gasteiger partial charge on any atom is -0.497 e. The normalized spacial score (nSPS) is 17.9. The molecule has 3 rings (SSSR count). The van der Waals surface area contributed by atoms with Gasteiger partial charge >= 0.3 is 5.97 Å². The van der Waals surface area contributed by atoms with Gasteiger partial charge in [-0.05, 0) is 43.2 Å². The Morgan fingerprint density at radius 1 is 1.07 bits per heavy atom. The third-order valence-electron chi connectivity index (χ3n) is 4.95. The number of amides is 1. The minimum absolute atomic E-state index is 0.0216. The van der Waals surface area contributed by atoms with Gasteiger partial charge in [0.15, 0.2) is 5.78 Å². The lowest BCUT2D eigenvalue weighted by Crippen LogP contribution is -2.34. The average Bonchev–Trinajstić information content (AvgIpc) is 2.77. The molecule has 1 aliphatic carbocycles. The summed E-state index contributed by atoms with van der Waals surface area (Å²) in [4.78, 5) is 37.3. The molecule has 0 saturated carbocycles. The van der Waals surface area contributed by atoms with Crippen LogP contribution in [-0.2, 0) is 9.59 Å². The number of carbonyl (C=O) groups excluding carboxylic acids is 2. The molecular formula is C23H23NO5S. The molecule has 6 nitrogen and oxygen atoms in total. The molecule has 0 saturated heterocycles. The topological polar surface area (TPSA) is 92.7 Å². The number of hydrogen-bond acceptors (Lipinski definition) is 5. The molecule has 2 aromatic rings. The van der Waals surface area contributed by atoms with Gasteiger partial charge in [-0.3, -0.25) is 14.4 Å². The maximum atomic E-state index is 12.6. The van der Waals surface area contributed by atoms with Crippen LogP contribution in [0, 0.1) is 11.8 Å². The molecule has 0 spiro atoms. The summed E-state index contributed by atoms with van der Waals surface area (Å²) in [5.41, 5.74) is 1.16. The standard InChI is InChI=1S/C23H23NO5S/c1-29-17-8-4-6-15(12-17)21(25)14-30-18-9-5-7-16(13-18)24-22(26)19-10-2-3-11-20(19)23(27)28/h2-9,12-13,19-20H,10-11,14H2,1H3,(H,24,26)(H,27,28). The molecule has 0 aliphatic heterocycles. The van der Waals surface area contributed by atoms with E-state index in [1.54, 1.807) is 55.7 Å². The molecule has 2 aromatic carbocycles. The summed E-state index contributed by atoms with van der Waals surface area (Å²) in [6.07, 6.45) is 4.42. The van der Waals surface area contributed by atoms with Gasteiger partial charge in [0, 0.05) is 16.1 Å². The predicted molar refractivity (Wildman–Crippen MR) is 116 cm³/mol. The number of thioether (sulfide) groups is 1. The first-order valence-corrected chi connectivity index (χ1v) is 10.6. The fourth-order valence-corrected chi connectivity index (χ4v) is 4.15. The Morgan fingerprint density at radius 2 is 1.80 bits per heavy atom. The minimum atomic E-state index is -0.958. The van der Waals surface area contributed by atoms with E-state index in [1.165, 1.54) is 11.8 Å². The summed E-state index contributed by atoms with van der Waals surface area (Å²) in [5, 5.41) is 12.2. The van der Waals surface area contributed by atoms with Crippen LogP contribution >= 0.6 is 11.8 Å². The van der Waals surface area contributed by atoms with Crippen molar-refractivity contribution in [1.29, 1.82) is 0 Å². The highest BCUT2D eigenvalue weighted by Crippen LogP contribution is 2.28. The number of allylic oxidation sites excluding steroid dienone is 2. The molecule has 1 amide bonds. The fourth-order valence-electron chi connectivity index (χ4n) is 3.30. The number of benzene rings is 2. The zero-order chi connectivity index (χ0) is 21.5. The number of carboxylic acids is 1. The lowest BCUT2D eigenvalue weighted by molar-refractivity contribution is -0.146. The van der Waals surface area contributed by atoms with Gasteiger partial charge in [-0.15, -0.1) is 11.8 Å². The summed E-state index contributed by atoms with van der Waals surface area (Å²) in [5.74, 6) is -1.72. The SMILES string of the molecule is COc1cccc(C(=O)CSc2cccc(NC(=O)C3CC=CCC3C(=O)O)c2)c1. The van der Waals surface area contributed by atoms with Gasteiger partial charge in [0.25, 0.3) is 0 Å². The van der Waals surface area contributed by atoms with Crippen molar-refractivity contribution in [2.75, 3.05) is 18.2 Å². The number of rotatable bonds is 8. The van der Waals surface area contributed by atoms with Crippen LogP contribution in [0.4, 0.5) is 5.69 Å². The second-order valence-electron chi connectivity index (χ2n) is 6.95. The number of carboxylic acid groups (broad SMARTS) is 1. The van der Waals surface area contributed by atoms with Crippen molar-refractivity contribution >= 4 is 35.1 Å². The van der Waals surface area contributed by atoms with E-state index in [4.69, 9.17) is 4.74 Å². The monoisotopic (exact) mass is 425 g/mol. The highest BCUT2D eigenvalue weighted by Gasteiger charge is 2.33. The van der Waals surface area contributed by atoms with Gasteiger partial charge in [0.05, 0.1) is 24.7 Å². The molecule has 2 atom stereocenters. The van der Waals surface area contributed by atoms with E-state index in [1.807, 2.05) is 12.1 Å². The summed E-state index contributed by atoms with van der Waals surface area (Å²) >= 11 is 1.37. The molecule has 0 heterocycles. The second-order valence-corrected chi connectivity index (χ2v) is 8.00. The Bertz CT molecular complexity index is 972. The number of nitrogens with one attached hydrogen (secondary N) is 1. The van der Waals surface area contributed by atoms with Crippen LogP contribution in [0.2, 0.25) is 0 Å². The highest BCUT2D eigenvalue weighted by atomic mass is 32.2. The van der Waals surface area contributed by atoms with E-state index in [2.05, 4.69) is 5.32 Å². The quantitative estimate of drug-likeness (QED) is 0.373. The molecule has 0 bridgehead atoms. The van der Waals surface area contributed by atoms with Crippen molar-refractivity contribution in [3.05, 3.63) is 66.2 Å². The summed E-state index contributed by atoms with van der Waals surface area (Å²) in [7, 11) is 1.56. The molecule has 156 valence electrons. The lowest BCUT2D eigenvalue weighted by Gasteiger charge is -2.24. The zero-order valence-electron chi connectivity index (χ0n) is 16.5. The Balaban J connectivity index is 1.61. The van der Waals surface area contributed by atoms with E-state index < -0.39 is 17.8 Å². The highest BCUT2D eigenvalue weighted by molar-refractivity contribution is 8.00. The number of ether oxygens (including phenoxy) is 1. The first-order chi connectivity index (χ1) is 14.5. The van der Waals surface area contributed by atoms with Crippen molar-refractivity contribution in [2.45, 2.75) is 17.7 Å². The molecule has 30 heavy (non-hydrogen) atoms. The lowest BCUT2D eigenvalue weighted by atomic mass is 9.82. The molecule has 2 N–H and O–H groups in total. The van der Waals surface area contributed by atoms with Crippen LogP contribution < -0.4 is 10.1 Å². The maximum Gasteiger partial charge on any atom is 0.307 e. The predicted octanol–water partition coefficient (Wildman–Crippen LogP) is 4.28. The first kappa shape index (κ1) is 21.6. The van der Waals surface area contributed by atoms with Crippen LogP contribution in [0.3, 0.4) is 0 Å². The van der Waals surface area contributed by atoms with E-state index >= 15 is 0 Å². The first-order valence-electron chi connectivity index (χ1n) is 9.56. The zero-order valence-corrected chi connectivity index (χ0v) is 17.4. The van der Waals surface area contributed by atoms with E-state index in [0.29, 0.717) is 29.8 Å². The summed E-state index contributed by atoms with van der Waals surface area (Å²) < 4.78 is 5.15. The van der Waals surface area contributed by atoms with Crippen molar-refractivity contribution in [2.24, 2.45) is 11.8 Å².